The number of ether oxygens (including phenoxy) is 3. The van der Waals surface area contributed by atoms with Crippen molar-refractivity contribution < 1.29 is 23.8 Å². The average Bonchev–Trinajstić information content (AvgIpc) is 2.74. The molecule has 0 aromatic heterocycles. The number of nitrogens with one attached hydrogen (secondary N) is 1. The van der Waals surface area contributed by atoms with E-state index in [2.05, 4.69) is 25.2 Å². The molecule has 3 heterocycles. The zero-order valence-corrected chi connectivity index (χ0v) is 20.0. The number of hydrogen-bond acceptors (Lipinski definition) is 5. The van der Waals surface area contributed by atoms with Crippen LogP contribution in [0.15, 0.2) is 18.2 Å². The number of piperidine rings is 1. The van der Waals surface area contributed by atoms with Gasteiger partial charge in [-0.25, -0.2) is 0 Å². The second-order valence-electron chi connectivity index (χ2n) is 10.3. The molecule has 5 atom stereocenters. The molecular weight excluding hydrogens is 408 g/mol. The molecule has 4 rings (SSSR count). The Morgan fingerprint density at radius 3 is 2.69 bits per heavy atom. The van der Waals surface area contributed by atoms with Crippen molar-refractivity contribution in [3.63, 3.8) is 0 Å². The minimum absolute atomic E-state index is 0.00464. The van der Waals surface area contributed by atoms with Crippen LogP contribution in [0.2, 0.25) is 0 Å². The van der Waals surface area contributed by atoms with Gasteiger partial charge in [0.25, 0.3) is 0 Å². The molecule has 0 radical (unpaired) electrons. The fourth-order valence-corrected chi connectivity index (χ4v) is 5.58. The Labute approximate surface area is 190 Å². The van der Waals surface area contributed by atoms with Crippen LogP contribution in [-0.2, 0) is 14.3 Å². The SMILES string of the molecule is COc1cccc2c1OC(C)(C)[C@@H]1C[C@H]3CN(C(=O)[C@H](NC(C)=O)C(C)C)CC[C@H]3O[C@@H]21. The van der Waals surface area contributed by atoms with Gasteiger partial charge in [-0.15, -0.1) is 0 Å². The van der Waals surface area contributed by atoms with Gasteiger partial charge in [-0.05, 0) is 38.7 Å². The van der Waals surface area contributed by atoms with Crippen molar-refractivity contribution in [1.82, 2.24) is 10.2 Å². The van der Waals surface area contributed by atoms with Crippen molar-refractivity contribution in [2.75, 3.05) is 20.2 Å². The Morgan fingerprint density at radius 1 is 1.28 bits per heavy atom. The molecule has 2 fully saturated rings. The number of methoxy groups -OCH3 is 1. The van der Waals surface area contributed by atoms with E-state index in [-0.39, 0.29) is 41.8 Å². The molecule has 176 valence electrons. The number of carbonyl (C=O) groups excluding carboxylic acids is 2. The van der Waals surface area contributed by atoms with Gasteiger partial charge in [0, 0.05) is 37.4 Å². The van der Waals surface area contributed by atoms with Gasteiger partial charge in [0.2, 0.25) is 11.8 Å². The normalized spacial score (nSPS) is 29.2. The lowest BCUT2D eigenvalue weighted by Gasteiger charge is -2.53. The van der Waals surface area contributed by atoms with Crippen molar-refractivity contribution in [2.45, 2.75) is 71.3 Å². The molecule has 32 heavy (non-hydrogen) atoms. The lowest BCUT2D eigenvalue weighted by molar-refractivity contribution is -0.189. The van der Waals surface area contributed by atoms with E-state index in [0.29, 0.717) is 13.1 Å². The van der Waals surface area contributed by atoms with Crippen LogP contribution in [0.5, 0.6) is 11.5 Å². The Balaban J connectivity index is 1.54. The van der Waals surface area contributed by atoms with E-state index in [4.69, 9.17) is 14.2 Å². The molecule has 3 aliphatic rings. The number of fused-ring (bicyclic) bond motifs is 4. The summed E-state index contributed by atoms with van der Waals surface area (Å²) in [5.41, 5.74) is 0.636. The summed E-state index contributed by atoms with van der Waals surface area (Å²) in [6.45, 7) is 10.9. The van der Waals surface area contributed by atoms with Crippen molar-refractivity contribution in [3.05, 3.63) is 23.8 Å². The van der Waals surface area contributed by atoms with E-state index >= 15 is 0 Å². The Bertz CT molecular complexity index is 883. The van der Waals surface area contributed by atoms with Crippen LogP contribution >= 0.6 is 0 Å². The van der Waals surface area contributed by atoms with Gasteiger partial charge in [0.15, 0.2) is 11.5 Å². The number of rotatable bonds is 4. The Morgan fingerprint density at radius 2 is 2.03 bits per heavy atom. The van der Waals surface area contributed by atoms with Crippen molar-refractivity contribution in [3.8, 4) is 11.5 Å². The summed E-state index contributed by atoms with van der Waals surface area (Å²) in [6, 6.07) is 5.49. The second kappa shape index (κ2) is 8.58. The van der Waals surface area contributed by atoms with E-state index in [9.17, 15) is 9.59 Å². The predicted octanol–water partition coefficient (Wildman–Crippen LogP) is 3.32. The van der Waals surface area contributed by atoms with E-state index in [1.807, 2.05) is 30.9 Å². The van der Waals surface area contributed by atoms with Crippen molar-refractivity contribution >= 4 is 11.8 Å². The highest BCUT2D eigenvalue weighted by Gasteiger charge is 2.52. The van der Waals surface area contributed by atoms with Gasteiger partial charge in [0.1, 0.15) is 11.6 Å². The maximum Gasteiger partial charge on any atom is 0.245 e. The Hall–Kier alpha value is -2.28. The summed E-state index contributed by atoms with van der Waals surface area (Å²) in [5.74, 6) is 1.80. The van der Waals surface area contributed by atoms with Gasteiger partial charge >= 0.3 is 0 Å². The van der Waals surface area contributed by atoms with Crippen LogP contribution in [0.3, 0.4) is 0 Å². The summed E-state index contributed by atoms with van der Waals surface area (Å²) in [5, 5.41) is 2.84. The van der Waals surface area contributed by atoms with Gasteiger partial charge in [-0.3, -0.25) is 9.59 Å². The molecule has 1 aromatic carbocycles. The first-order valence-electron chi connectivity index (χ1n) is 11.7. The molecule has 0 aliphatic carbocycles. The van der Waals surface area contributed by atoms with Crippen LogP contribution in [-0.4, -0.2) is 54.7 Å². The first-order valence-corrected chi connectivity index (χ1v) is 11.7. The summed E-state index contributed by atoms with van der Waals surface area (Å²) in [4.78, 5) is 26.8. The second-order valence-corrected chi connectivity index (χ2v) is 10.3. The number of nitrogens with zero attached hydrogens (tertiary/aromatic N) is 1. The Kier molecular flexibility index (Phi) is 6.14. The van der Waals surface area contributed by atoms with Crippen molar-refractivity contribution in [2.24, 2.45) is 17.8 Å². The summed E-state index contributed by atoms with van der Waals surface area (Å²) >= 11 is 0. The third-order valence-corrected chi connectivity index (χ3v) is 7.30. The lowest BCUT2D eigenvalue weighted by atomic mass is 9.70. The maximum absolute atomic E-state index is 13.2. The van der Waals surface area contributed by atoms with Crippen LogP contribution in [0.1, 0.15) is 59.1 Å². The van der Waals surface area contributed by atoms with E-state index in [1.165, 1.54) is 6.92 Å². The van der Waals surface area contributed by atoms with Gasteiger partial charge < -0.3 is 24.4 Å². The minimum Gasteiger partial charge on any atom is -0.493 e. The molecule has 1 N–H and O–H groups in total. The largest absolute Gasteiger partial charge is 0.493 e. The smallest absolute Gasteiger partial charge is 0.245 e. The highest BCUT2D eigenvalue weighted by atomic mass is 16.5. The monoisotopic (exact) mass is 444 g/mol. The molecule has 1 aromatic rings. The molecule has 0 bridgehead atoms. The number of carbonyl (C=O) groups is 2. The lowest BCUT2D eigenvalue weighted by Crippen LogP contribution is -2.58. The third kappa shape index (κ3) is 4.07. The molecule has 3 aliphatic heterocycles. The molecule has 0 spiro atoms. The standard InChI is InChI=1S/C25H36N2O5/c1-14(2)21(26-15(3)28)24(29)27-11-10-19-16(13-27)12-18-22(31-19)17-8-7-9-20(30-6)23(17)32-25(18,4)5/h7-9,14,16,18-19,21-22H,10-13H2,1-6H3,(H,26,28)/t16-,18+,19+,21+,22-/m0/s1. The highest BCUT2D eigenvalue weighted by molar-refractivity contribution is 5.87. The fourth-order valence-electron chi connectivity index (χ4n) is 5.58. The first-order chi connectivity index (χ1) is 15.1. The van der Waals surface area contributed by atoms with E-state index in [0.717, 1.165) is 29.9 Å². The molecule has 0 unspecified atom stereocenters. The van der Waals surface area contributed by atoms with Crippen LogP contribution in [0.25, 0.3) is 0 Å². The molecule has 0 saturated carbocycles. The number of benzene rings is 1. The summed E-state index contributed by atoms with van der Waals surface area (Å²) < 4.78 is 18.7. The molecule has 7 nitrogen and oxygen atoms in total. The van der Waals surface area contributed by atoms with Crippen LogP contribution in [0, 0.1) is 17.8 Å². The summed E-state index contributed by atoms with van der Waals surface area (Å²) in [7, 11) is 1.66. The molecule has 7 heteroatoms. The average molecular weight is 445 g/mol. The number of amides is 2. The van der Waals surface area contributed by atoms with E-state index in [1.54, 1.807) is 7.11 Å². The maximum atomic E-state index is 13.2. The summed E-state index contributed by atoms with van der Waals surface area (Å²) in [6.07, 6.45) is 1.78. The predicted molar refractivity (Wildman–Crippen MR) is 121 cm³/mol. The number of para-hydroxylation sites is 1. The highest BCUT2D eigenvalue weighted by Crippen LogP contribution is 2.55. The molecule has 2 saturated heterocycles. The number of likely N-dealkylation sites (tertiary alicyclic amines) is 1. The first kappa shape index (κ1) is 22.9. The topological polar surface area (TPSA) is 77.1 Å². The zero-order valence-electron chi connectivity index (χ0n) is 20.0. The minimum atomic E-state index is -0.491. The van der Waals surface area contributed by atoms with Crippen LogP contribution < -0.4 is 14.8 Å². The van der Waals surface area contributed by atoms with E-state index < -0.39 is 11.6 Å². The number of hydrogen-bond donors (Lipinski definition) is 1. The van der Waals surface area contributed by atoms with Gasteiger partial charge in [-0.2, -0.15) is 0 Å². The quantitative estimate of drug-likeness (QED) is 0.771. The molecule has 2 amide bonds. The fraction of sp³-hybridized carbons (Fsp3) is 0.680. The van der Waals surface area contributed by atoms with Crippen molar-refractivity contribution in [1.29, 1.82) is 0 Å². The zero-order chi connectivity index (χ0) is 23.2. The van der Waals surface area contributed by atoms with Gasteiger partial charge in [-0.1, -0.05) is 26.0 Å². The molecular formula is C25H36N2O5. The third-order valence-electron chi connectivity index (χ3n) is 7.30. The van der Waals surface area contributed by atoms with Crippen LogP contribution in [0.4, 0.5) is 0 Å². The van der Waals surface area contributed by atoms with Gasteiger partial charge in [0.05, 0.1) is 19.3 Å².